The maximum atomic E-state index is 6.00. The first-order valence-electron chi connectivity index (χ1n) is 7.50. The second-order valence-electron chi connectivity index (χ2n) is 5.42. The third-order valence-corrected chi connectivity index (χ3v) is 3.64. The second kappa shape index (κ2) is 7.11. The van der Waals surface area contributed by atoms with Gasteiger partial charge in [0.25, 0.3) is 0 Å². The molecule has 1 aromatic carbocycles. The van der Waals surface area contributed by atoms with E-state index in [9.17, 15) is 0 Å². The summed E-state index contributed by atoms with van der Waals surface area (Å²) in [6.45, 7) is 9.93. The molecular weight excluding hydrogens is 260 g/mol. The summed E-state index contributed by atoms with van der Waals surface area (Å²) in [6, 6.07) is 8.30. The van der Waals surface area contributed by atoms with Gasteiger partial charge in [-0.15, -0.1) is 0 Å². The van der Waals surface area contributed by atoms with Crippen LogP contribution in [0.2, 0.25) is 0 Å². The summed E-state index contributed by atoms with van der Waals surface area (Å²) in [7, 11) is 0. The summed E-state index contributed by atoms with van der Waals surface area (Å²) < 4.78 is 6.00. The number of hydrogen-bond donors (Lipinski definition) is 1. The Morgan fingerprint density at radius 1 is 1.05 bits per heavy atom. The molecule has 0 saturated carbocycles. The first-order valence-corrected chi connectivity index (χ1v) is 7.50. The molecule has 2 rings (SSSR count). The third-order valence-electron chi connectivity index (χ3n) is 3.64. The fourth-order valence-corrected chi connectivity index (χ4v) is 2.17. The first kappa shape index (κ1) is 15.4. The molecule has 1 aromatic heterocycles. The van der Waals surface area contributed by atoms with E-state index < -0.39 is 0 Å². The summed E-state index contributed by atoms with van der Waals surface area (Å²) in [6.07, 6.45) is 2.97. The van der Waals surface area contributed by atoms with Crippen molar-refractivity contribution in [3.8, 4) is 5.75 Å². The Morgan fingerprint density at radius 2 is 1.81 bits per heavy atom. The van der Waals surface area contributed by atoms with Crippen LogP contribution in [0.15, 0.2) is 30.5 Å². The summed E-state index contributed by atoms with van der Waals surface area (Å²) in [5.41, 5.74) is 4.72. The van der Waals surface area contributed by atoms with Gasteiger partial charge in [0, 0.05) is 18.3 Å². The fourth-order valence-electron chi connectivity index (χ4n) is 2.17. The van der Waals surface area contributed by atoms with Crippen LogP contribution >= 0.6 is 0 Å². The Kier molecular flexibility index (Phi) is 5.20. The Labute approximate surface area is 127 Å². The highest BCUT2D eigenvalue weighted by atomic mass is 16.5. The number of nitrogens with zero attached hydrogens (tertiary/aromatic N) is 1. The van der Waals surface area contributed by atoms with Crippen LogP contribution in [-0.2, 0) is 6.61 Å². The van der Waals surface area contributed by atoms with Gasteiger partial charge in [-0.2, -0.15) is 0 Å². The SMILES string of the molecule is CCCNc1ccc(COc2c(C)ccc(C)c2C)cn1. The van der Waals surface area contributed by atoms with Crippen LogP contribution in [0, 0.1) is 20.8 Å². The summed E-state index contributed by atoms with van der Waals surface area (Å²) >= 11 is 0. The van der Waals surface area contributed by atoms with Gasteiger partial charge in [-0.05, 0) is 49.9 Å². The zero-order valence-electron chi connectivity index (χ0n) is 13.4. The maximum absolute atomic E-state index is 6.00. The van der Waals surface area contributed by atoms with Crippen molar-refractivity contribution in [2.24, 2.45) is 0 Å². The molecule has 0 spiro atoms. The monoisotopic (exact) mass is 284 g/mol. The Bertz CT molecular complexity index is 591. The minimum Gasteiger partial charge on any atom is -0.488 e. The average molecular weight is 284 g/mol. The van der Waals surface area contributed by atoms with Crippen LogP contribution in [0.25, 0.3) is 0 Å². The molecule has 1 N–H and O–H groups in total. The predicted molar refractivity (Wildman–Crippen MR) is 88.0 cm³/mol. The average Bonchev–Trinajstić information content (AvgIpc) is 2.50. The molecule has 0 bridgehead atoms. The Balaban J connectivity index is 2.02. The molecule has 0 radical (unpaired) electrons. The smallest absolute Gasteiger partial charge is 0.125 e. The molecule has 0 atom stereocenters. The molecule has 0 aliphatic heterocycles. The van der Waals surface area contributed by atoms with Crippen molar-refractivity contribution >= 4 is 5.82 Å². The van der Waals surface area contributed by atoms with E-state index in [2.05, 4.69) is 56.2 Å². The van der Waals surface area contributed by atoms with Crippen molar-refractivity contribution < 1.29 is 4.74 Å². The molecule has 3 nitrogen and oxygen atoms in total. The maximum Gasteiger partial charge on any atom is 0.125 e. The van der Waals surface area contributed by atoms with Crippen molar-refractivity contribution in [2.45, 2.75) is 40.7 Å². The topological polar surface area (TPSA) is 34.1 Å². The highest BCUT2D eigenvalue weighted by molar-refractivity contribution is 5.44. The molecule has 0 aliphatic rings. The van der Waals surface area contributed by atoms with E-state index in [4.69, 9.17) is 4.74 Å². The number of aromatic nitrogens is 1. The van der Waals surface area contributed by atoms with Crippen LogP contribution in [0.5, 0.6) is 5.75 Å². The van der Waals surface area contributed by atoms with E-state index >= 15 is 0 Å². The minimum absolute atomic E-state index is 0.548. The van der Waals surface area contributed by atoms with Gasteiger partial charge >= 0.3 is 0 Å². The van der Waals surface area contributed by atoms with Crippen LogP contribution in [0.4, 0.5) is 5.82 Å². The number of aryl methyl sites for hydroxylation is 2. The molecule has 0 amide bonds. The number of nitrogens with one attached hydrogen (secondary N) is 1. The Hall–Kier alpha value is -2.03. The molecule has 3 heteroatoms. The van der Waals surface area contributed by atoms with Crippen molar-refractivity contribution in [1.29, 1.82) is 0 Å². The van der Waals surface area contributed by atoms with Crippen LogP contribution in [-0.4, -0.2) is 11.5 Å². The van der Waals surface area contributed by atoms with E-state index in [0.717, 1.165) is 30.1 Å². The summed E-state index contributed by atoms with van der Waals surface area (Å²) in [4.78, 5) is 4.40. The number of pyridine rings is 1. The second-order valence-corrected chi connectivity index (χ2v) is 5.42. The number of hydrogen-bond acceptors (Lipinski definition) is 3. The minimum atomic E-state index is 0.548. The van der Waals surface area contributed by atoms with Crippen molar-refractivity contribution in [2.75, 3.05) is 11.9 Å². The van der Waals surface area contributed by atoms with Gasteiger partial charge in [0.2, 0.25) is 0 Å². The molecule has 0 aliphatic carbocycles. The van der Waals surface area contributed by atoms with Gasteiger partial charge in [0.05, 0.1) is 0 Å². The van der Waals surface area contributed by atoms with E-state index in [0.29, 0.717) is 6.61 Å². The molecule has 0 saturated heterocycles. The predicted octanol–water partition coefficient (Wildman–Crippen LogP) is 4.41. The van der Waals surface area contributed by atoms with E-state index in [1.807, 2.05) is 12.3 Å². The molecule has 0 unspecified atom stereocenters. The van der Waals surface area contributed by atoms with Crippen LogP contribution in [0.3, 0.4) is 0 Å². The molecule has 0 fully saturated rings. The van der Waals surface area contributed by atoms with Gasteiger partial charge in [0.15, 0.2) is 0 Å². The lowest BCUT2D eigenvalue weighted by Crippen LogP contribution is -2.03. The number of anilines is 1. The van der Waals surface area contributed by atoms with Gasteiger partial charge in [0.1, 0.15) is 18.2 Å². The zero-order chi connectivity index (χ0) is 15.2. The largest absolute Gasteiger partial charge is 0.488 e. The molecule has 112 valence electrons. The summed E-state index contributed by atoms with van der Waals surface area (Å²) in [5.74, 6) is 1.91. The number of ether oxygens (including phenoxy) is 1. The lowest BCUT2D eigenvalue weighted by molar-refractivity contribution is 0.301. The quantitative estimate of drug-likeness (QED) is 0.853. The first-order chi connectivity index (χ1) is 10.1. The standard InChI is InChI=1S/C18H24N2O/c1-5-10-19-17-9-8-16(11-20-17)12-21-18-14(3)7-6-13(2)15(18)4/h6-9,11H,5,10,12H2,1-4H3,(H,19,20). The van der Waals surface area contributed by atoms with Crippen LogP contribution < -0.4 is 10.1 Å². The van der Waals surface area contributed by atoms with E-state index in [1.165, 1.54) is 16.7 Å². The van der Waals surface area contributed by atoms with Crippen molar-refractivity contribution in [3.05, 3.63) is 52.7 Å². The highest BCUT2D eigenvalue weighted by Gasteiger charge is 2.06. The van der Waals surface area contributed by atoms with Crippen molar-refractivity contribution in [1.82, 2.24) is 4.98 Å². The van der Waals surface area contributed by atoms with Gasteiger partial charge in [-0.3, -0.25) is 0 Å². The van der Waals surface area contributed by atoms with E-state index in [1.54, 1.807) is 0 Å². The highest BCUT2D eigenvalue weighted by Crippen LogP contribution is 2.26. The number of benzene rings is 1. The van der Waals surface area contributed by atoms with Crippen molar-refractivity contribution in [3.63, 3.8) is 0 Å². The van der Waals surface area contributed by atoms with E-state index in [-0.39, 0.29) is 0 Å². The third kappa shape index (κ3) is 3.97. The molecule has 2 aromatic rings. The lowest BCUT2D eigenvalue weighted by Gasteiger charge is -2.14. The zero-order valence-corrected chi connectivity index (χ0v) is 13.4. The van der Waals surface area contributed by atoms with Gasteiger partial charge < -0.3 is 10.1 Å². The molecular formula is C18H24N2O. The number of rotatable bonds is 6. The van der Waals surface area contributed by atoms with Gasteiger partial charge in [-0.1, -0.05) is 25.1 Å². The lowest BCUT2D eigenvalue weighted by atomic mass is 10.1. The van der Waals surface area contributed by atoms with Crippen LogP contribution in [0.1, 0.15) is 35.6 Å². The normalized spacial score (nSPS) is 10.5. The molecule has 21 heavy (non-hydrogen) atoms. The molecule has 1 heterocycles. The van der Waals surface area contributed by atoms with Gasteiger partial charge in [-0.25, -0.2) is 4.98 Å². The summed E-state index contributed by atoms with van der Waals surface area (Å²) in [5, 5.41) is 3.27. The Morgan fingerprint density at radius 3 is 2.48 bits per heavy atom. The fraction of sp³-hybridized carbons (Fsp3) is 0.389.